The summed E-state index contributed by atoms with van der Waals surface area (Å²) in [6.45, 7) is 2.22. The van der Waals surface area contributed by atoms with E-state index < -0.39 is 23.1 Å². The van der Waals surface area contributed by atoms with E-state index >= 15 is 0 Å². The highest BCUT2D eigenvalue weighted by Crippen LogP contribution is 2.48. The number of aliphatic carboxylic acids is 1. The number of allylic oxidation sites excluding steroid dienone is 1. The predicted molar refractivity (Wildman–Crippen MR) is 145 cm³/mol. The molecule has 4 heterocycles. The van der Waals surface area contributed by atoms with Crippen LogP contribution in [0.1, 0.15) is 49.7 Å². The minimum atomic E-state index is -4.51. The molecule has 1 aromatic heterocycles. The number of carbonyl (C=O) groups is 1. The molecule has 212 valence electrons. The number of alkyl halides is 3. The molecule has 8 nitrogen and oxygen atoms in total. The van der Waals surface area contributed by atoms with Crippen molar-refractivity contribution in [3.05, 3.63) is 77.3 Å². The van der Waals surface area contributed by atoms with Gasteiger partial charge in [0.1, 0.15) is 18.3 Å². The Hall–Kier alpha value is -3.57. The number of piperidine rings is 1. The number of nitrogens with zero attached hydrogens (tertiary/aromatic N) is 3. The van der Waals surface area contributed by atoms with Gasteiger partial charge in [0.25, 0.3) is 0 Å². The van der Waals surface area contributed by atoms with Crippen LogP contribution in [0.25, 0.3) is 0 Å². The van der Waals surface area contributed by atoms with E-state index in [1.807, 2.05) is 30.3 Å². The van der Waals surface area contributed by atoms with Gasteiger partial charge in [-0.25, -0.2) is 4.98 Å². The highest BCUT2D eigenvalue weighted by atomic mass is 19.4. The molecule has 2 unspecified atom stereocenters. The van der Waals surface area contributed by atoms with Crippen molar-refractivity contribution < 1.29 is 23.1 Å². The highest BCUT2D eigenvalue weighted by molar-refractivity contribution is 5.85. The third-order valence-corrected chi connectivity index (χ3v) is 8.38. The van der Waals surface area contributed by atoms with Gasteiger partial charge in [0, 0.05) is 43.4 Å². The van der Waals surface area contributed by atoms with Gasteiger partial charge in [0.2, 0.25) is 0 Å². The Morgan fingerprint density at radius 3 is 2.50 bits per heavy atom. The maximum atomic E-state index is 13.7. The van der Waals surface area contributed by atoms with Gasteiger partial charge in [-0.05, 0) is 73.6 Å². The summed E-state index contributed by atoms with van der Waals surface area (Å²) in [6, 6.07) is 9.91. The fourth-order valence-corrected chi connectivity index (χ4v) is 5.94. The van der Waals surface area contributed by atoms with Gasteiger partial charge in [-0.3, -0.25) is 15.0 Å². The normalized spacial score (nSPS) is 24.6. The van der Waals surface area contributed by atoms with Crippen LogP contribution in [0, 0.1) is 0 Å². The second kappa shape index (κ2) is 10.4. The molecule has 1 aromatic carbocycles. The lowest BCUT2D eigenvalue weighted by atomic mass is 9.96. The number of hydrogen-bond donors (Lipinski definition) is 4. The predicted octanol–water partition coefficient (Wildman–Crippen LogP) is 4.60. The third kappa shape index (κ3) is 5.15. The van der Waals surface area contributed by atoms with E-state index in [9.17, 15) is 23.1 Å². The summed E-state index contributed by atoms with van der Waals surface area (Å²) in [5.74, 6) is -0.900. The lowest BCUT2D eigenvalue weighted by molar-refractivity contribution is -0.140. The average Bonchev–Trinajstić information content (AvgIpc) is 3.78. The van der Waals surface area contributed by atoms with Crippen LogP contribution < -0.4 is 20.9 Å². The average molecular weight is 555 g/mol. The molecule has 2 aromatic rings. The molecule has 0 bridgehead atoms. The van der Waals surface area contributed by atoms with Crippen LogP contribution in [-0.2, 0) is 16.4 Å². The number of anilines is 2. The Kier molecular flexibility index (Phi) is 6.95. The molecule has 40 heavy (non-hydrogen) atoms. The number of aromatic nitrogens is 1. The van der Waals surface area contributed by atoms with Crippen LogP contribution in [0.15, 0.2) is 66.1 Å². The molecule has 1 saturated carbocycles. The largest absolute Gasteiger partial charge is 0.481 e. The molecule has 0 amide bonds. The maximum Gasteiger partial charge on any atom is 0.419 e. The van der Waals surface area contributed by atoms with Gasteiger partial charge in [-0.15, -0.1) is 0 Å². The summed E-state index contributed by atoms with van der Waals surface area (Å²) in [6.07, 6.45) is 5.19. The number of halogens is 3. The second-order valence-corrected chi connectivity index (χ2v) is 10.9. The lowest BCUT2D eigenvalue weighted by Crippen LogP contribution is -2.63. The van der Waals surface area contributed by atoms with Crippen LogP contribution in [0.5, 0.6) is 0 Å². The molecular weight excluding hydrogens is 521 g/mol. The summed E-state index contributed by atoms with van der Waals surface area (Å²) < 4.78 is 41.2. The number of likely N-dealkylation sites (tertiary alicyclic amines) is 1. The van der Waals surface area contributed by atoms with Gasteiger partial charge in [0.15, 0.2) is 0 Å². The number of nitrogens with one attached hydrogen (secondary N) is 3. The Balaban J connectivity index is 1.26. The van der Waals surface area contributed by atoms with Crippen molar-refractivity contribution in [3.63, 3.8) is 0 Å². The third-order valence-electron chi connectivity index (χ3n) is 8.38. The quantitative estimate of drug-likeness (QED) is 0.412. The highest BCUT2D eigenvalue weighted by Gasteiger charge is 2.51. The Bertz CT molecular complexity index is 1320. The zero-order chi connectivity index (χ0) is 27.9. The molecule has 6 rings (SSSR count). The molecule has 3 aliphatic heterocycles. The topological polar surface area (TPSA) is 92.8 Å². The van der Waals surface area contributed by atoms with Crippen molar-refractivity contribution in [2.75, 3.05) is 29.9 Å². The van der Waals surface area contributed by atoms with Crippen molar-refractivity contribution in [2.24, 2.45) is 0 Å². The molecule has 1 aliphatic carbocycles. The van der Waals surface area contributed by atoms with Crippen LogP contribution >= 0.6 is 0 Å². The van der Waals surface area contributed by atoms with Gasteiger partial charge in [-0.2, -0.15) is 13.2 Å². The summed E-state index contributed by atoms with van der Waals surface area (Å²) in [7, 11) is 0. The SMILES string of the molecule is O=C(O)C1(c2ccc(NC3NC(N4CCCCC4)NC4=C3CCN(c3ncccc3C(F)(F)F)C=C4)cc2)CC1. The monoisotopic (exact) mass is 554 g/mol. The van der Waals surface area contributed by atoms with E-state index in [4.69, 9.17) is 0 Å². The van der Waals surface area contributed by atoms with Crippen molar-refractivity contribution >= 4 is 17.5 Å². The first-order valence-electron chi connectivity index (χ1n) is 13.8. The van der Waals surface area contributed by atoms with Crippen LogP contribution in [0.3, 0.4) is 0 Å². The molecule has 1 saturated heterocycles. The molecule has 0 radical (unpaired) electrons. The lowest BCUT2D eigenvalue weighted by Gasteiger charge is -2.43. The van der Waals surface area contributed by atoms with Crippen molar-refractivity contribution in [3.8, 4) is 0 Å². The summed E-state index contributed by atoms with van der Waals surface area (Å²) in [5.41, 5.74) is 1.99. The van der Waals surface area contributed by atoms with Crippen LogP contribution in [-0.4, -0.2) is 53.0 Å². The number of benzene rings is 1. The number of carboxylic acids is 1. The molecule has 2 atom stereocenters. The zero-order valence-electron chi connectivity index (χ0n) is 22.0. The number of hydrogen-bond acceptors (Lipinski definition) is 7. The molecule has 11 heteroatoms. The number of carboxylic acid groups (broad SMARTS) is 1. The maximum absolute atomic E-state index is 13.7. The van der Waals surface area contributed by atoms with E-state index in [-0.39, 0.29) is 18.3 Å². The molecule has 0 spiro atoms. The van der Waals surface area contributed by atoms with E-state index in [0.29, 0.717) is 25.8 Å². The fraction of sp³-hybridized carbons (Fsp3) is 0.448. The first kappa shape index (κ1) is 26.6. The van der Waals surface area contributed by atoms with E-state index in [1.165, 1.54) is 18.7 Å². The van der Waals surface area contributed by atoms with Crippen LogP contribution in [0.4, 0.5) is 24.7 Å². The minimum absolute atomic E-state index is 0.112. The van der Waals surface area contributed by atoms with E-state index in [1.54, 1.807) is 11.1 Å². The first-order valence-corrected chi connectivity index (χ1v) is 13.8. The molecule has 4 aliphatic rings. The van der Waals surface area contributed by atoms with Crippen molar-refractivity contribution in [2.45, 2.75) is 62.6 Å². The standard InChI is InChI=1S/C29H33F3N6O2/c30-29(31,32)22-5-4-14-33-25(22)37-17-10-21-23(11-18-37)35-27(38-15-2-1-3-16-38)36-24(21)34-20-8-6-19(7-9-20)28(12-13-28)26(39)40/h4-9,11,14,18,24,27,34-36H,1-3,10,12-13,15-17H2,(H,39,40). The Morgan fingerprint density at radius 2 is 1.82 bits per heavy atom. The van der Waals surface area contributed by atoms with Gasteiger partial charge in [0.05, 0.1) is 11.0 Å². The van der Waals surface area contributed by atoms with Gasteiger partial charge in [-0.1, -0.05) is 18.6 Å². The van der Waals surface area contributed by atoms with Gasteiger partial charge < -0.3 is 20.6 Å². The van der Waals surface area contributed by atoms with E-state index in [2.05, 4.69) is 25.8 Å². The smallest absolute Gasteiger partial charge is 0.419 e. The van der Waals surface area contributed by atoms with Crippen molar-refractivity contribution in [1.82, 2.24) is 20.5 Å². The van der Waals surface area contributed by atoms with Gasteiger partial charge >= 0.3 is 12.1 Å². The van der Waals surface area contributed by atoms with Crippen molar-refractivity contribution in [1.29, 1.82) is 0 Å². The molecular formula is C29H33F3N6O2. The number of pyridine rings is 1. The second-order valence-electron chi connectivity index (χ2n) is 10.9. The number of rotatable bonds is 6. The Morgan fingerprint density at radius 1 is 1.07 bits per heavy atom. The van der Waals surface area contributed by atoms with E-state index in [0.717, 1.165) is 54.5 Å². The summed E-state index contributed by atoms with van der Waals surface area (Å²) in [4.78, 5) is 19.7. The minimum Gasteiger partial charge on any atom is -0.481 e. The first-order chi connectivity index (χ1) is 19.2. The van der Waals surface area contributed by atoms with Crippen LogP contribution in [0.2, 0.25) is 0 Å². The summed E-state index contributed by atoms with van der Waals surface area (Å²) in [5, 5.41) is 20.5. The zero-order valence-corrected chi connectivity index (χ0v) is 22.0. The summed E-state index contributed by atoms with van der Waals surface area (Å²) >= 11 is 0. The molecule has 2 fully saturated rings. The molecule has 4 N–H and O–H groups in total. The fourth-order valence-electron chi connectivity index (χ4n) is 5.94. The Labute approximate surface area is 230 Å².